The number of rotatable bonds is 6. The molecule has 1 aromatic carbocycles. The van der Waals surface area contributed by atoms with E-state index < -0.39 is 5.91 Å². The lowest BCUT2D eigenvalue weighted by atomic mass is 10.3. The maximum Gasteiger partial charge on any atom is 0.227 e. The smallest absolute Gasteiger partial charge is 0.227 e. The Morgan fingerprint density at radius 2 is 2.10 bits per heavy atom. The summed E-state index contributed by atoms with van der Waals surface area (Å²) in [6.45, 7) is 0.201. The summed E-state index contributed by atoms with van der Waals surface area (Å²) in [6.07, 6.45) is 0. The lowest BCUT2D eigenvalue weighted by molar-refractivity contribution is -0.115. The second-order valence-corrected chi connectivity index (χ2v) is 4.90. The van der Waals surface area contributed by atoms with Crippen molar-refractivity contribution < 1.29 is 13.9 Å². The van der Waals surface area contributed by atoms with E-state index in [1.165, 1.54) is 36.0 Å². The average Bonchev–Trinajstić information content (AvgIpc) is 2.77. The van der Waals surface area contributed by atoms with Crippen molar-refractivity contribution in [1.29, 1.82) is 0 Å². The minimum absolute atomic E-state index is 0.144. The summed E-state index contributed by atoms with van der Waals surface area (Å²) in [5.41, 5.74) is 5.07. The van der Waals surface area contributed by atoms with Crippen LogP contribution < -0.4 is 10.5 Å². The second kappa shape index (κ2) is 6.38. The first-order valence-corrected chi connectivity index (χ1v) is 6.72. The van der Waals surface area contributed by atoms with E-state index in [9.17, 15) is 9.18 Å². The summed E-state index contributed by atoms with van der Waals surface area (Å²) in [6, 6.07) is 5.71. The summed E-state index contributed by atoms with van der Waals surface area (Å²) >= 11 is 1.21. The van der Waals surface area contributed by atoms with Gasteiger partial charge in [-0.3, -0.25) is 4.79 Å². The third-order valence-corrected chi connectivity index (χ3v) is 3.49. The van der Waals surface area contributed by atoms with Gasteiger partial charge in [0.2, 0.25) is 5.91 Å². The number of hydrogen-bond acceptors (Lipinski definition) is 5. The standard InChI is InChI=1S/C12H13FN4O2S/c1-17-11(15-16-12(17)20-7-10(14)18)6-19-9-4-2-8(13)3-5-9/h2-5H,6-7H2,1H3,(H2,14,18). The number of nitrogens with zero attached hydrogens (tertiary/aromatic N) is 3. The molecule has 0 saturated heterocycles. The van der Waals surface area contributed by atoms with E-state index in [4.69, 9.17) is 10.5 Å². The molecule has 0 aliphatic rings. The molecule has 0 radical (unpaired) electrons. The van der Waals surface area contributed by atoms with E-state index in [1.54, 1.807) is 11.6 Å². The largest absolute Gasteiger partial charge is 0.486 e. The molecule has 2 N–H and O–H groups in total. The van der Waals surface area contributed by atoms with Crippen LogP contribution in [0.2, 0.25) is 0 Å². The maximum absolute atomic E-state index is 12.7. The van der Waals surface area contributed by atoms with Crippen LogP contribution >= 0.6 is 11.8 Å². The Hall–Kier alpha value is -2.09. The van der Waals surface area contributed by atoms with Crippen LogP contribution in [0.5, 0.6) is 5.75 Å². The van der Waals surface area contributed by atoms with Gasteiger partial charge in [0.05, 0.1) is 5.75 Å². The number of amides is 1. The van der Waals surface area contributed by atoms with E-state index in [0.717, 1.165) is 0 Å². The van der Waals surface area contributed by atoms with E-state index in [-0.39, 0.29) is 18.2 Å². The molecule has 1 aromatic heterocycles. The van der Waals surface area contributed by atoms with Gasteiger partial charge in [-0.05, 0) is 24.3 Å². The Balaban J connectivity index is 1.96. The molecule has 6 nitrogen and oxygen atoms in total. The van der Waals surface area contributed by atoms with Gasteiger partial charge in [-0.15, -0.1) is 10.2 Å². The van der Waals surface area contributed by atoms with Crippen molar-refractivity contribution in [3.63, 3.8) is 0 Å². The Labute approximate surface area is 119 Å². The SMILES string of the molecule is Cn1c(COc2ccc(F)cc2)nnc1SCC(N)=O. The minimum Gasteiger partial charge on any atom is -0.486 e. The Kier molecular flexibility index (Phi) is 4.57. The van der Waals surface area contributed by atoms with Gasteiger partial charge in [-0.25, -0.2) is 4.39 Å². The Bertz CT molecular complexity index is 600. The molecule has 0 saturated carbocycles. The number of benzene rings is 1. The second-order valence-electron chi connectivity index (χ2n) is 3.96. The lowest BCUT2D eigenvalue weighted by Crippen LogP contribution is -2.13. The van der Waals surface area contributed by atoms with Crippen LogP contribution in [0.4, 0.5) is 4.39 Å². The number of thioether (sulfide) groups is 1. The number of carbonyl (C=O) groups is 1. The van der Waals surface area contributed by atoms with Crippen molar-refractivity contribution in [2.75, 3.05) is 5.75 Å². The summed E-state index contributed by atoms with van der Waals surface area (Å²) in [7, 11) is 1.77. The fraction of sp³-hybridized carbons (Fsp3) is 0.250. The van der Waals surface area contributed by atoms with Gasteiger partial charge in [0, 0.05) is 7.05 Å². The average molecular weight is 296 g/mol. The maximum atomic E-state index is 12.7. The van der Waals surface area contributed by atoms with Gasteiger partial charge < -0.3 is 15.0 Å². The predicted molar refractivity (Wildman–Crippen MR) is 71.7 cm³/mol. The molecule has 2 aromatic rings. The van der Waals surface area contributed by atoms with E-state index in [2.05, 4.69) is 10.2 Å². The minimum atomic E-state index is -0.415. The fourth-order valence-electron chi connectivity index (χ4n) is 1.41. The van der Waals surface area contributed by atoms with Crippen LogP contribution in [0.1, 0.15) is 5.82 Å². The predicted octanol–water partition coefficient (Wildman–Crippen LogP) is 1.11. The summed E-state index contributed by atoms with van der Waals surface area (Å²) < 4.78 is 19.9. The van der Waals surface area contributed by atoms with Crippen molar-refractivity contribution in [3.8, 4) is 5.75 Å². The molecular formula is C12H13FN4O2S. The van der Waals surface area contributed by atoms with E-state index >= 15 is 0 Å². The first kappa shape index (κ1) is 14.3. The van der Waals surface area contributed by atoms with E-state index in [0.29, 0.717) is 16.7 Å². The number of halogens is 1. The van der Waals surface area contributed by atoms with Gasteiger partial charge in [0.25, 0.3) is 0 Å². The third-order valence-electron chi connectivity index (χ3n) is 2.45. The molecule has 0 fully saturated rings. The Morgan fingerprint density at radius 3 is 2.75 bits per heavy atom. The molecule has 20 heavy (non-hydrogen) atoms. The molecule has 1 amide bonds. The zero-order valence-electron chi connectivity index (χ0n) is 10.7. The third kappa shape index (κ3) is 3.70. The molecule has 1 heterocycles. The number of primary amides is 1. The van der Waals surface area contributed by atoms with Gasteiger partial charge in [0.1, 0.15) is 18.2 Å². The van der Waals surface area contributed by atoms with Crippen molar-refractivity contribution in [2.24, 2.45) is 12.8 Å². The van der Waals surface area contributed by atoms with Crippen LogP contribution in [0.15, 0.2) is 29.4 Å². The molecule has 8 heteroatoms. The molecule has 0 atom stereocenters. The van der Waals surface area contributed by atoms with Gasteiger partial charge in [-0.1, -0.05) is 11.8 Å². The van der Waals surface area contributed by atoms with Gasteiger partial charge in [0.15, 0.2) is 11.0 Å². The van der Waals surface area contributed by atoms with E-state index in [1.807, 2.05) is 0 Å². The molecule has 0 unspecified atom stereocenters. The lowest BCUT2D eigenvalue weighted by Gasteiger charge is -2.06. The van der Waals surface area contributed by atoms with Crippen LogP contribution in [0, 0.1) is 5.82 Å². The number of ether oxygens (including phenoxy) is 1. The topological polar surface area (TPSA) is 83.0 Å². The van der Waals surface area contributed by atoms with Crippen molar-refractivity contribution >= 4 is 17.7 Å². The van der Waals surface area contributed by atoms with Crippen molar-refractivity contribution in [3.05, 3.63) is 35.9 Å². The summed E-state index contributed by atoms with van der Waals surface area (Å²) in [5.74, 6) is 0.551. The quantitative estimate of drug-likeness (QED) is 0.807. The van der Waals surface area contributed by atoms with Gasteiger partial charge in [-0.2, -0.15) is 0 Å². The number of carbonyl (C=O) groups excluding carboxylic acids is 1. The number of aromatic nitrogens is 3. The highest BCUT2D eigenvalue weighted by Gasteiger charge is 2.10. The summed E-state index contributed by atoms with van der Waals surface area (Å²) in [4.78, 5) is 10.7. The molecule has 0 bridgehead atoms. The number of nitrogens with two attached hydrogens (primary N) is 1. The highest BCUT2D eigenvalue weighted by molar-refractivity contribution is 7.99. The van der Waals surface area contributed by atoms with Crippen LogP contribution in [0.3, 0.4) is 0 Å². The van der Waals surface area contributed by atoms with Crippen molar-refractivity contribution in [1.82, 2.24) is 14.8 Å². The van der Waals surface area contributed by atoms with Crippen LogP contribution in [-0.2, 0) is 18.4 Å². The Morgan fingerprint density at radius 1 is 1.40 bits per heavy atom. The monoisotopic (exact) mass is 296 g/mol. The molecular weight excluding hydrogens is 283 g/mol. The zero-order chi connectivity index (χ0) is 14.5. The van der Waals surface area contributed by atoms with Crippen LogP contribution in [-0.4, -0.2) is 26.4 Å². The first-order chi connectivity index (χ1) is 9.56. The molecule has 0 aliphatic carbocycles. The highest BCUT2D eigenvalue weighted by atomic mass is 32.2. The first-order valence-electron chi connectivity index (χ1n) is 5.74. The molecule has 2 rings (SSSR count). The molecule has 0 aliphatic heterocycles. The molecule has 106 valence electrons. The number of hydrogen-bond donors (Lipinski definition) is 1. The summed E-state index contributed by atoms with van der Waals surface area (Å²) in [5, 5.41) is 8.49. The van der Waals surface area contributed by atoms with Crippen LogP contribution in [0.25, 0.3) is 0 Å². The fourth-order valence-corrected chi connectivity index (χ4v) is 2.08. The molecule has 0 spiro atoms. The van der Waals surface area contributed by atoms with Crippen molar-refractivity contribution in [2.45, 2.75) is 11.8 Å². The highest BCUT2D eigenvalue weighted by Crippen LogP contribution is 2.17. The normalized spacial score (nSPS) is 10.5. The van der Waals surface area contributed by atoms with Gasteiger partial charge >= 0.3 is 0 Å². The zero-order valence-corrected chi connectivity index (χ0v) is 11.6.